The number of amides is 1. The van der Waals surface area contributed by atoms with Crippen molar-refractivity contribution in [3.63, 3.8) is 0 Å². The van der Waals surface area contributed by atoms with Crippen LogP contribution in [0.3, 0.4) is 0 Å². The molecule has 0 unspecified atom stereocenters. The van der Waals surface area contributed by atoms with Crippen molar-refractivity contribution in [2.75, 3.05) is 13.2 Å². The van der Waals surface area contributed by atoms with Gasteiger partial charge in [-0.2, -0.15) is 0 Å². The van der Waals surface area contributed by atoms with Crippen LogP contribution in [0.25, 0.3) is 0 Å². The molecule has 0 fully saturated rings. The number of nitrogens with one attached hydrogen (secondary N) is 1. The summed E-state index contributed by atoms with van der Waals surface area (Å²) in [6, 6.07) is 0. The van der Waals surface area contributed by atoms with Gasteiger partial charge in [-0.15, -0.1) is 0 Å². The topological polar surface area (TPSA) is 69.6 Å². The van der Waals surface area contributed by atoms with Gasteiger partial charge < -0.3 is 15.5 Å². The predicted octanol–water partition coefficient (Wildman–Crippen LogP) is 0.282. The zero-order valence-corrected chi connectivity index (χ0v) is 8.99. The second kappa shape index (κ2) is 7.76. The molecule has 0 aromatic carbocycles. The maximum Gasteiger partial charge on any atom is 0.222 e. The lowest BCUT2D eigenvalue weighted by atomic mass is 10.1. The molecular weight excluding hydrogens is 182 g/mol. The van der Waals surface area contributed by atoms with Crippen molar-refractivity contribution >= 4 is 5.91 Å². The summed E-state index contributed by atoms with van der Waals surface area (Å²) >= 11 is 0. The summed E-state index contributed by atoms with van der Waals surface area (Å²) in [5.74, 6) is 0.0886. The van der Waals surface area contributed by atoms with Crippen molar-refractivity contribution < 1.29 is 15.0 Å². The molecule has 0 aromatic rings. The smallest absolute Gasteiger partial charge is 0.222 e. The number of carbonyl (C=O) groups is 1. The van der Waals surface area contributed by atoms with Gasteiger partial charge in [-0.05, 0) is 19.3 Å². The van der Waals surface area contributed by atoms with Crippen molar-refractivity contribution in [2.24, 2.45) is 5.92 Å². The molecule has 84 valence electrons. The standard InChI is InChI=1S/C10H21NO3/c1-8(2)10(14)11-6-4-3-5-9(13)7-12/h8-9,12-13H,3-7H2,1-2H3,(H,11,14)/t9-/m0/s1. The first-order chi connectivity index (χ1) is 6.57. The fourth-order valence-electron chi connectivity index (χ4n) is 1.01. The Labute approximate surface area is 85.3 Å². The first-order valence-corrected chi connectivity index (χ1v) is 5.14. The van der Waals surface area contributed by atoms with Gasteiger partial charge in [0.25, 0.3) is 0 Å². The van der Waals surface area contributed by atoms with E-state index in [9.17, 15) is 4.79 Å². The summed E-state index contributed by atoms with van der Waals surface area (Å²) in [6.45, 7) is 4.17. The molecule has 0 saturated heterocycles. The lowest BCUT2D eigenvalue weighted by Crippen LogP contribution is -2.28. The molecule has 1 atom stereocenters. The number of hydrogen-bond donors (Lipinski definition) is 3. The minimum absolute atomic E-state index is 0.0260. The Hall–Kier alpha value is -0.610. The summed E-state index contributed by atoms with van der Waals surface area (Å²) in [6.07, 6.45) is 1.64. The fraction of sp³-hybridized carbons (Fsp3) is 0.900. The molecule has 0 aliphatic carbocycles. The summed E-state index contributed by atoms with van der Waals surface area (Å²) in [7, 11) is 0. The Morgan fingerprint density at radius 1 is 1.36 bits per heavy atom. The third-order valence-electron chi connectivity index (χ3n) is 2.00. The van der Waals surface area contributed by atoms with Crippen LogP contribution in [0.2, 0.25) is 0 Å². The molecule has 4 nitrogen and oxygen atoms in total. The Morgan fingerprint density at radius 2 is 2.00 bits per heavy atom. The van der Waals surface area contributed by atoms with Crippen LogP contribution in [-0.2, 0) is 4.79 Å². The van der Waals surface area contributed by atoms with Crippen molar-refractivity contribution in [1.82, 2.24) is 5.32 Å². The van der Waals surface area contributed by atoms with Crippen molar-refractivity contribution in [2.45, 2.75) is 39.2 Å². The average Bonchev–Trinajstić information content (AvgIpc) is 2.16. The van der Waals surface area contributed by atoms with E-state index in [0.29, 0.717) is 13.0 Å². The SMILES string of the molecule is CC(C)C(=O)NCCCC[C@H](O)CO. The van der Waals surface area contributed by atoms with Gasteiger partial charge in [0, 0.05) is 12.5 Å². The molecule has 4 heteroatoms. The van der Waals surface area contributed by atoms with Crippen molar-refractivity contribution in [3.8, 4) is 0 Å². The van der Waals surface area contributed by atoms with E-state index >= 15 is 0 Å². The zero-order chi connectivity index (χ0) is 11.0. The zero-order valence-electron chi connectivity index (χ0n) is 8.99. The summed E-state index contributed by atoms with van der Waals surface area (Å²) < 4.78 is 0. The minimum Gasteiger partial charge on any atom is -0.394 e. The van der Waals surface area contributed by atoms with E-state index in [1.165, 1.54) is 0 Å². The summed E-state index contributed by atoms with van der Waals surface area (Å²) in [5.41, 5.74) is 0. The van der Waals surface area contributed by atoms with E-state index in [2.05, 4.69) is 5.32 Å². The molecule has 0 heterocycles. The molecule has 0 aliphatic rings. The highest BCUT2D eigenvalue weighted by molar-refractivity contribution is 5.77. The van der Waals surface area contributed by atoms with E-state index in [0.717, 1.165) is 12.8 Å². The van der Waals surface area contributed by atoms with Gasteiger partial charge in [0.1, 0.15) is 0 Å². The van der Waals surface area contributed by atoms with Crippen LogP contribution >= 0.6 is 0 Å². The van der Waals surface area contributed by atoms with E-state index < -0.39 is 6.10 Å². The second-order valence-electron chi connectivity index (χ2n) is 3.78. The number of carbonyl (C=O) groups excluding carboxylic acids is 1. The third kappa shape index (κ3) is 6.86. The molecule has 0 aromatic heterocycles. The Morgan fingerprint density at radius 3 is 2.50 bits per heavy atom. The van der Waals surface area contributed by atoms with Crippen LogP contribution in [0.1, 0.15) is 33.1 Å². The summed E-state index contributed by atoms with van der Waals surface area (Å²) in [4.78, 5) is 11.1. The molecule has 0 saturated carbocycles. The first-order valence-electron chi connectivity index (χ1n) is 5.14. The highest BCUT2D eigenvalue weighted by Gasteiger charge is 2.05. The molecule has 0 bridgehead atoms. The van der Waals surface area contributed by atoms with Gasteiger partial charge in [0.05, 0.1) is 12.7 Å². The van der Waals surface area contributed by atoms with Crippen LogP contribution in [0.15, 0.2) is 0 Å². The fourth-order valence-corrected chi connectivity index (χ4v) is 1.01. The molecule has 1 amide bonds. The van der Waals surface area contributed by atoms with Crippen molar-refractivity contribution in [3.05, 3.63) is 0 Å². The largest absolute Gasteiger partial charge is 0.394 e. The number of aliphatic hydroxyl groups excluding tert-OH is 2. The quantitative estimate of drug-likeness (QED) is 0.521. The average molecular weight is 203 g/mol. The molecule has 3 N–H and O–H groups in total. The number of aliphatic hydroxyl groups is 2. The molecule has 14 heavy (non-hydrogen) atoms. The lowest BCUT2D eigenvalue weighted by molar-refractivity contribution is -0.123. The Kier molecular flexibility index (Phi) is 7.42. The van der Waals surface area contributed by atoms with Crippen LogP contribution < -0.4 is 5.32 Å². The number of hydrogen-bond acceptors (Lipinski definition) is 3. The molecular formula is C10H21NO3. The maximum absolute atomic E-state index is 11.1. The van der Waals surface area contributed by atoms with Gasteiger partial charge in [-0.1, -0.05) is 13.8 Å². The summed E-state index contributed by atoms with van der Waals surface area (Å²) in [5, 5.41) is 20.3. The van der Waals surface area contributed by atoms with Crippen LogP contribution in [0.5, 0.6) is 0 Å². The lowest BCUT2D eigenvalue weighted by Gasteiger charge is -2.08. The number of rotatable bonds is 7. The maximum atomic E-state index is 11.1. The van der Waals surface area contributed by atoms with Gasteiger partial charge in [-0.25, -0.2) is 0 Å². The van der Waals surface area contributed by atoms with E-state index in [-0.39, 0.29) is 18.4 Å². The van der Waals surface area contributed by atoms with Crippen LogP contribution in [-0.4, -0.2) is 35.4 Å². The minimum atomic E-state index is -0.615. The molecule has 0 rings (SSSR count). The Balaban J connectivity index is 3.26. The predicted molar refractivity (Wildman–Crippen MR) is 54.8 cm³/mol. The van der Waals surface area contributed by atoms with Crippen LogP contribution in [0, 0.1) is 5.92 Å². The first kappa shape index (κ1) is 13.4. The van der Waals surface area contributed by atoms with E-state index in [1.807, 2.05) is 13.8 Å². The van der Waals surface area contributed by atoms with E-state index in [1.54, 1.807) is 0 Å². The second-order valence-corrected chi connectivity index (χ2v) is 3.78. The van der Waals surface area contributed by atoms with Gasteiger partial charge in [0.15, 0.2) is 0 Å². The molecule has 0 spiro atoms. The molecule has 0 aliphatic heterocycles. The highest BCUT2D eigenvalue weighted by atomic mass is 16.3. The van der Waals surface area contributed by atoms with Crippen molar-refractivity contribution in [1.29, 1.82) is 0 Å². The van der Waals surface area contributed by atoms with Gasteiger partial charge in [0.2, 0.25) is 5.91 Å². The third-order valence-corrected chi connectivity index (χ3v) is 2.00. The number of unbranched alkanes of at least 4 members (excludes halogenated alkanes) is 1. The van der Waals surface area contributed by atoms with E-state index in [4.69, 9.17) is 10.2 Å². The normalized spacial score (nSPS) is 12.9. The Bertz CT molecular complexity index is 159. The van der Waals surface area contributed by atoms with Gasteiger partial charge in [-0.3, -0.25) is 4.79 Å². The van der Waals surface area contributed by atoms with Crippen LogP contribution in [0.4, 0.5) is 0 Å². The highest BCUT2D eigenvalue weighted by Crippen LogP contribution is 1.99. The molecule has 0 radical (unpaired) electrons. The monoisotopic (exact) mass is 203 g/mol. The van der Waals surface area contributed by atoms with Gasteiger partial charge >= 0.3 is 0 Å².